The molecule has 1 aliphatic heterocycles. The normalized spacial score (nSPS) is 25.2. The Balaban J connectivity index is 2.22. The maximum atomic E-state index is 12.3. The van der Waals surface area contributed by atoms with Crippen molar-refractivity contribution in [3.05, 3.63) is 0 Å². The van der Waals surface area contributed by atoms with E-state index in [-0.39, 0.29) is 38.4 Å². The van der Waals surface area contributed by atoms with Gasteiger partial charge in [-0.05, 0) is 19.3 Å². The Hall–Kier alpha value is -0.990. The summed E-state index contributed by atoms with van der Waals surface area (Å²) in [7, 11) is 0. The van der Waals surface area contributed by atoms with Gasteiger partial charge in [0.05, 0.1) is 5.92 Å². The number of piperidine rings is 1. The molecule has 0 bridgehead atoms. The third-order valence-corrected chi connectivity index (χ3v) is 3.02. The lowest BCUT2D eigenvalue weighted by Gasteiger charge is -2.31. The van der Waals surface area contributed by atoms with Gasteiger partial charge in [-0.15, -0.1) is 0 Å². The number of hydrogen-bond acceptors (Lipinski definition) is 2. The van der Waals surface area contributed by atoms with Crippen LogP contribution in [0.4, 0.5) is 26.3 Å². The predicted octanol–water partition coefficient (Wildman–Crippen LogP) is 1.99. The van der Waals surface area contributed by atoms with Crippen molar-refractivity contribution < 1.29 is 31.1 Å². The number of alkyl halides is 6. The van der Waals surface area contributed by atoms with Gasteiger partial charge in [0.2, 0.25) is 0 Å². The molecule has 2 N–H and O–H groups in total. The quantitative estimate of drug-likeness (QED) is 0.781. The van der Waals surface area contributed by atoms with Gasteiger partial charge in [0.1, 0.15) is 0 Å². The minimum absolute atomic E-state index is 0.0472. The Labute approximate surface area is 105 Å². The van der Waals surface area contributed by atoms with E-state index >= 15 is 0 Å². The van der Waals surface area contributed by atoms with Crippen LogP contribution in [-0.4, -0.2) is 37.4 Å². The molecule has 0 aromatic rings. The van der Waals surface area contributed by atoms with E-state index in [0.717, 1.165) is 0 Å². The average Bonchev–Trinajstić information content (AvgIpc) is 2.27. The van der Waals surface area contributed by atoms with Crippen LogP contribution in [0.2, 0.25) is 0 Å². The van der Waals surface area contributed by atoms with Crippen molar-refractivity contribution in [1.29, 1.82) is 0 Å². The Morgan fingerprint density at radius 1 is 1.16 bits per heavy atom. The van der Waals surface area contributed by atoms with Gasteiger partial charge in [0.15, 0.2) is 0 Å². The zero-order chi connectivity index (χ0) is 14.7. The molecule has 9 heteroatoms. The number of nitrogens with one attached hydrogen (secondary N) is 2. The first kappa shape index (κ1) is 16.1. The van der Waals surface area contributed by atoms with Crippen molar-refractivity contribution in [2.45, 2.75) is 37.7 Å². The fourth-order valence-electron chi connectivity index (χ4n) is 1.90. The summed E-state index contributed by atoms with van der Waals surface area (Å²) >= 11 is 0. The van der Waals surface area contributed by atoms with Gasteiger partial charge in [-0.3, -0.25) is 4.79 Å². The van der Waals surface area contributed by atoms with Crippen LogP contribution in [0.25, 0.3) is 0 Å². The Morgan fingerprint density at radius 2 is 1.79 bits per heavy atom. The fourth-order valence-corrected chi connectivity index (χ4v) is 1.90. The van der Waals surface area contributed by atoms with Crippen LogP contribution in [0.5, 0.6) is 0 Å². The largest absolute Gasteiger partial charge is 0.471 e. The number of carbonyl (C=O) groups is 1. The number of carbonyl (C=O) groups excluding carboxylic acids is 1. The standard InChI is InChI=1S/C10H14F6N2O/c11-9(12,13)6-1-2-7(18-5-6)3-4-17-8(19)10(14,15)16/h6-7,18H,1-5H2,(H,17,19)/t6-,7-/m1/s1. The molecule has 0 radical (unpaired) electrons. The minimum Gasteiger partial charge on any atom is -0.348 e. The van der Waals surface area contributed by atoms with Crippen molar-refractivity contribution in [2.24, 2.45) is 5.92 Å². The highest BCUT2D eigenvalue weighted by Crippen LogP contribution is 2.32. The van der Waals surface area contributed by atoms with Crippen LogP contribution in [-0.2, 0) is 4.79 Å². The minimum atomic E-state index is -4.93. The summed E-state index contributed by atoms with van der Waals surface area (Å²) in [5.74, 6) is -3.44. The molecule has 0 saturated carbocycles. The van der Waals surface area contributed by atoms with Crippen molar-refractivity contribution in [3.63, 3.8) is 0 Å². The maximum Gasteiger partial charge on any atom is 0.471 e. The molecule has 2 atom stereocenters. The van der Waals surface area contributed by atoms with Gasteiger partial charge < -0.3 is 10.6 Å². The van der Waals surface area contributed by atoms with Gasteiger partial charge in [0.25, 0.3) is 0 Å². The van der Waals surface area contributed by atoms with Crippen LogP contribution < -0.4 is 10.6 Å². The van der Waals surface area contributed by atoms with E-state index < -0.39 is 24.2 Å². The van der Waals surface area contributed by atoms with Crippen LogP contribution >= 0.6 is 0 Å². The highest BCUT2D eigenvalue weighted by Gasteiger charge is 2.41. The first-order valence-corrected chi connectivity index (χ1v) is 5.76. The highest BCUT2D eigenvalue weighted by molar-refractivity contribution is 5.81. The van der Waals surface area contributed by atoms with E-state index in [2.05, 4.69) is 5.32 Å². The number of amides is 1. The molecule has 1 aliphatic rings. The lowest BCUT2D eigenvalue weighted by atomic mass is 9.93. The summed E-state index contributed by atoms with van der Waals surface area (Å²) in [5, 5.41) is 4.32. The van der Waals surface area contributed by atoms with Crippen molar-refractivity contribution in [3.8, 4) is 0 Å². The van der Waals surface area contributed by atoms with E-state index in [1.54, 1.807) is 5.32 Å². The average molecular weight is 292 g/mol. The molecule has 0 aromatic carbocycles. The second kappa shape index (κ2) is 5.98. The first-order chi connectivity index (χ1) is 8.60. The molecule has 1 fully saturated rings. The van der Waals surface area contributed by atoms with Crippen LogP contribution in [0.1, 0.15) is 19.3 Å². The lowest BCUT2D eigenvalue weighted by Crippen LogP contribution is -2.46. The first-order valence-electron chi connectivity index (χ1n) is 5.76. The molecule has 112 valence electrons. The smallest absolute Gasteiger partial charge is 0.348 e. The summed E-state index contributed by atoms with van der Waals surface area (Å²) in [6.07, 6.45) is -8.82. The van der Waals surface area contributed by atoms with Gasteiger partial charge in [-0.2, -0.15) is 26.3 Å². The Morgan fingerprint density at radius 3 is 2.21 bits per heavy atom. The van der Waals surface area contributed by atoms with Gasteiger partial charge >= 0.3 is 18.3 Å². The zero-order valence-corrected chi connectivity index (χ0v) is 9.87. The van der Waals surface area contributed by atoms with E-state index in [0.29, 0.717) is 0 Å². The molecule has 1 rings (SSSR count). The highest BCUT2D eigenvalue weighted by atomic mass is 19.4. The second-order valence-corrected chi connectivity index (χ2v) is 4.46. The van der Waals surface area contributed by atoms with Crippen LogP contribution in [0.15, 0.2) is 0 Å². The third kappa shape index (κ3) is 5.25. The molecule has 0 spiro atoms. The zero-order valence-electron chi connectivity index (χ0n) is 9.87. The van der Waals surface area contributed by atoms with Crippen molar-refractivity contribution in [1.82, 2.24) is 10.6 Å². The van der Waals surface area contributed by atoms with Gasteiger partial charge in [-0.25, -0.2) is 0 Å². The number of hydrogen-bond donors (Lipinski definition) is 2. The van der Waals surface area contributed by atoms with Crippen LogP contribution in [0.3, 0.4) is 0 Å². The molecule has 1 heterocycles. The summed E-state index contributed by atoms with van der Waals surface area (Å²) in [5.41, 5.74) is 0. The lowest BCUT2D eigenvalue weighted by molar-refractivity contribution is -0.179. The van der Waals surface area contributed by atoms with Gasteiger partial charge in [0, 0.05) is 19.1 Å². The third-order valence-electron chi connectivity index (χ3n) is 3.02. The van der Waals surface area contributed by atoms with E-state index in [1.165, 1.54) is 0 Å². The summed E-state index contributed by atoms with van der Waals surface area (Å²) in [4.78, 5) is 10.5. The van der Waals surface area contributed by atoms with E-state index in [4.69, 9.17) is 0 Å². The Bertz CT molecular complexity index is 306. The van der Waals surface area contributed by atoms with Crippen molar-refractivity contribution >= 4 is 5.91 Å². The predicted molar refractivity (Wildman–Crippen MR) is 54.3 cm³/mol. The SMILES string of the molecule is O=C(NCC[C@H]1CC[C@@H](C(F)(F)F)CN1)C(F)(F)F. The second-order valence-electron chi connectivity index (χ2n) is 4.46. The molecule has 0 aliphatic carbocycles. The monoisotopic (exact) mass is 292 g/mol. The summed E-state index contributed by atoms with van der Waals surface area (Å²) in [6.45, 7) is -0.450. The summed E-state index contributed by atoms with van der Waals surface area (Å²) in [6, 6.07) is -0.299. The molecule has 3 nitrogen and oxygen atoms in total. The van der Waals surface area contributed by atoms with Crippen molar-refractivity contribution in [2.75, 3.05) is 13.1 Å². The molecular formula is C10H14F6N2O. The maximum absolute atomic E-state index is 12.3. The number of rotatable bonds is 3. The van der Waals surface area contributed by atoms with E-state index in [1.807, 2.05) is 0 Å². The van der Waals surface area contributed by atoms with Gasteiger partial charge in [-0.1, -0.05) is 0 Å². The summed E-state index contributed by atoms with van der Waals surface area (Å²) < 4.78 is 72.5. The molecule has 1 saturated heterocycles. The molecule has 1 amide bonds. The van der Waals surface area contributed by atoms with Crippen LogP contribution in [0, 0.1) is 5.92 Å². The topological polar surface area (TPSA) is 41.1 Å². The molecule has 0 aromatic heterocycles. The molecule has 0 unspecified atom stereocenters. The number of halogens is 6. The molecular weight excluding hydrogens is 278 g/mol. The Kier molecular flexibility index (Phi) is 5.05. The van der Waals surface area contributed by atoms with E-state index in [9.17, 15) is 31.1 Å². The fraction of sp³-hybridized carbons (Fsp3) is 0.900. The molecule has 19 heavy (non-hydrogen) atoms.